The molecule has 0 unspecified atom stereocenters. The molecule has 0 bridgehead atoms. The summed E-state index contributed by atoms with van der Waals surface area (Å²) in [7, 11) is 0. The third kappa shape index (κ3) is 13.1. The predicted octanol–water partition coefficient (Wildman–Crippen LogP) is 2.46. The van der Waals surface area contributed by atoms with Gasteiger partial charge in [-0.3, -0.25) is 29.1 Å². The third-order valence-electron chi connectivity index (χ3n) is 9.32. The van der Waals surface area contributed by atoms with Crippen LogP contribution in [0, 0.1) is 5.92 Å². The first-order chi connectivity index (χ1) is 26.8. The molecule has 8 N–H and O–H groups in total. The van der Waals surface area contributed by atoms with Gasteiger partial charge in [-0.2, -0.15) is 10.2 Å². The van der Waals surface area contributed by atoms with Crippen LogP contribution in [0.5, 0.6) is 0 Å². The van der Waals surface area contributed by atoms with Gasteiger partial charge in [0.2, 0.25) is 23.6 Å². The number of carboxylic acids is 1. The summed E-state index contributed by atoms with van der Waals surface area (Å²) in [6.45, 7) is 4.06. The lowest BCUT2D eigenvalue weighted by Gasteiger charge is -2.27. The molecule has 56 heavy (non-hydrogen) atoms. The smallest absolute Gasteiger partial charge is 0.410 e. The van der Waals surface area contributed by atoms with Crippen molar-refractivity contribution >= 4 is 53.0 Å². The number of likely N-dealkylation sites (tertiary alicyclic amines) is 2. The van der Waals surface area contributed by atoms with Crippen LogP contribution in [0.1, 0.15) is 64.4 Å². The summed E-state index contributed by atoms with van der Waals surface area (Å²) >= 11 is 0. The molecule has 2 aromatic carbocycles. The number of nitrogens with zero attached hydrogens (tertiary/aromatic N) is 5. The van der Waals surface area contributed by atoms with Gasteiger partial charge in [0.1, 0.15) is 30.8 Å². The van der Waals surface area contributed by atoms with Crippen molar-refractivity contribution in [2.24, 2.45) is 32.6 Å². The molecular formula is C38H52N10O8. The van der Waals surface area contributed by atoms with Gasteiger partial charge in [0.15, 0.2) is 5.96 Å². The van der Waals surface area contributed by atoms with Crippen molar-refractivity contribution in [1.29, 1.82) is 0 Å². The first kappa shape index (κ1) is 42.7. The van der Waals surface area contributed by atoms with Crippen molar-refractivity contribution < 1.29 is 38.6 Å². The normalized spacial score (nSPS) is 17.6. The quantitative estimate of drug-likeness (QED) is 0.0557. The van der Waals surface area contributed by atoms with Crippen molar-refractivity contribution in [2.45, 2.75) is 89.6 Å². The summed E-state index contributed by atoms with van der Waals surface area (Å²) in [5.74, 6) is -3.60. The van der Waals surface area contributed by atoms with Crippen molar-refractivity contribution in [1.82, 2.24) is 25.8 Å². The molecule has 2 aromatic rings. The predicted molar refractivity (Wildman–Crippen MR) is 206 cm³/mol. The van der Waals surface area contributed by atoms with Crippen LogP contribution >= 0.6 is 0 Å². The molecule has 18 nitrogen and oxygen atoms in total. The lowest BCUT2D eigenvalue weighted by Crippen LogP contribution is -2.55. The number of nitrogens with one attached hydrogen (secondary N) is 3. The van der Waals surface area contributed by atoms with Crippen LogP contribution in [0.15, 0.2) is 69.8 Å². The number of aliphatic carboxylic acids is 1. The number of aliphatic imine (C=N–C) groups is 1. The second-order valence-corrected chi connectivity index (χ2v) is 14.1. The summed E-state index contributed by atoms with van der Waals surface area (Å²) in [5, 5.41) is 25.9. The highest BCUT2D eigenvalue weighted by Gasteiger charge is 2.38. The number of azo groups is 1. The van der Waals surface area contributed by atoms with E-state index in [9.17, 15) is 33.9 Å². The van der Waals surface area contributed by atoms with Gasteiger partial charge in [0.05, 0.1) is 17.9 Å². The van der Waals surface area contributed by atoms with Crippen molar-refractivity contribution in [2.75, 3.05) is 26.2 Å². The van der Waals surface area contributed by atoms with Gasteiger partial charge < -0.3 is 42.2 Å². The monoisotopic (exact) mass is 776 g/mol. The molecule has 5 amide bonds. The van der Waals surface area contributed by atoms with Gasteiger partial charge in [-0.1, -0.05) is 44.2 Å². The summed E-state index contributed by atoms with van der Waals surface area (Å²) in [6, 6.07) is 12.4. The fraction of sp³-hybridized carbons (Fsp3) is 0.500. The van der Waals surface area contributed by atoms with Crippen molar-refractivity contribution in [3.05, 3.63) is 60.2 Å². The number of amides is 5. The molecule has 18 heteroatoms. The van der Waals surface area contributed by atoms with Gasteiger partial charge in [0, 0.05) is 19.6 Å². The van der Waals surface area contributed by atoms with Gasteiger partial charge in [0.25, 0.3) is 0 Å². The van der Waals surface area contributed by atoms with Crippen LogP contribution in [0.4, 0.5) is 16.2 Å². The Morgan fingerprint density at radius 1 is 0.839 bits per heavy atom. The molecule has 2 aliphatic heterocycles. The number of ether oxygens (including phenoxy) is 1. The maximum atomic E-state index is 13.5. The SMILES string of the molecule is CC(C)C[C@H](NC(=O)[C@@H]1CCCN1C(=O)OCc1ccc(N=Nc2ccccc2)cc1)C(=O)NCC(=O)N1CCC[C@H]1C(=O)N[C@H](CCCN=C(N)N)C(=O)O. The van der Waals surface area contributed by atoms with E-state index in [0.717, 1.165) is 11.3 Å². The Morgan fingerprint density at radius 3 is 2.04 bits per heavy atom. The molecule has 4 atom stereocenters. The standard InChI is InChI=1S/C38H52N10O8/c1-24(2)21-29(33(50)42-22-32(49)47-19-7-12-30(47)34(51)43-28(36(53)54)11-6-18-41-37(39)40)44-35(52)31-13-8-20-48(31)38(55)56-23-25-14-16-27(17-15-25)46-45-26-9-4-3-5-10-26/h3-5,9-10,14-17,24,28-31H,6-8,11-13,18-23H2,1-2H3,(H,42,50)(H,43,51)(H,44,52)(H,53,54)(H4,39,40,41)/t28-,29+,30+,31+/m1/s1. The Morgan fingerprint density at radius 2 is 1.43 bits per heavy atom. The summed E-state index contributed by atoms with van der Waals surface area (Å²) in [4.78, 5) is 84.6. The topological polar surface area (TPSA) is 264 Å². The van der Waals surface area contributed by atoms with E-state index >= 15 is 0 Å². The first-order valence-corrected chi connectivity index (χ1v) is 18.8. The molecule has 2 saturated heterocycles. The molecule has 2 aliphatic rings. The van der Waals surface area contributed by atoms with Gasteiger partial charge >= 0.3 is 12.1 Å². The Hall–Kier alpha value is -6.07. The minimum absolute atomic E-state index is 0.00842. The number of carboxylic acid groups (broad SMARTS) is 1. The zero-order valence-electron chi connectivity index (χ0n) is 31.8. The molecule has 2 heterocycles. The zero-order valence-corrected chi connectivity index (χ0v) is 31.8. The average Bonchev–Trinajstić information content (AvgIpc) is 3.88. The van der Waals surface area contributed by atoms with E-state index in [1.165, 1.54) is 9.80 Å². The summed E-state index contributed by atoms with van der Waals surface area (Å²) < 4.78 is 5.54. The van der Waals surface area contributed by atoms with Crippen LogP contribution in [-0.4, -0.2) is 107 Å². The molecule has 302 valence electrons. The highest BCUT2D eigenvalue weighted by Crippen LogP contribution is 2.22. The van der Waals surface area contributed by atoms with Crippen LogP contribution in [-0.2, 0) is 35.3 Å². The van der Waals surface area contributed by atoms with E-state index in [-0.39, 0.29) is 44.4 Å². The molecule has 0 aliphatic carbocycles. The molecular weight excluding hydrogens is 724 g/mol. The second-order valence-electron chi connectivity index (χ2n) is 14.1. The van der Waals surface area contributed by atoms with Crippen LogP contribution in [0.25, 0.3) is 0 Å². The van der Waals surface area contributed by atoms with Gasteiger partial charge in [-0.15, -0.1) is 0 Å². The van der Waals surface area contributed by atoms with Crippen LogP contribution in [0.2, 0.25) is 0 Å². The second kappa shape index (κ2) is 21.1. The molecule has 2 fully saturated rings. The van der Waals surface area contributed by atoms with Crippen LogP contribution < -0.4 is 27.4 Å². The number of hydrogen-bond acceptors (Lipinski definition) is 10. The van der Waals surface area contributed by atoms with Crippen molar-refractivity contribution in [3.63, 3.8) is 0 Å². The Kier molecular flexibility index (Phi) is 16.1. The minimum Gasteiger partial charge on any atom is -0.480 e. The summed E-state index contributed by atoms with van der Waals surface area (Å²) in [5.41, 5.74) is 12.7. The number of carbonyl (C=O) groups excluding carboxylic acids is 5. The highest BCUT2D eigenvalue weighted by atomic mass is 16.6. The number of hydrogen-bond donors (Lipinski definition) is 6. The Labute approximate surface area is 325 Å². The highest BCUT2D eigenvalue weighted by molar-refractivity contribution is 5.95. The van der Waals surface area contributed by atoms with E-state index in [1.54, 1.807) is 24.3 Å². The number of carbonyl (C=O) groups is 6. The zero-order chi connectivity index (χ0) is 40.6. The molecule has 0 saturated carbocycles. The summed E-state index contributed by atoms with van der Waals surface area (Å²) in [6.07, 6.45) is 1.79. The Bertz CT molecular complexity index is 1730. The average molecular weight is 777 g/mol. The van der Waals surface area contributed by atoms with E-state index in [1.807, 2.05) is 44.2 Å². The van der Waals surface area contributed by atoms with Gasteiger partial charge in [-0.05, 0) is 80.7 Å². The third-order valence-corrected chi connectivity index (χ3v) is 9.32. The number of guanidine groups is 1. The molecule has 0 spiro atoms. The first-order valence-electron chi connectivity index (χ1n) is 18.8. The van der Waals surface area contributed by atoms with E-state index in [0.29, 0.717) is 44.3 Å². The number of rotatable bonds is 18. The van der Waals surface area contributed by atoms with E-state index in [2.05, 4.69) is 31.2 Å². The lowest BCUT2D eigenvalue weighted by atomic mass is 10.0. The lowest BCUT2D eigenvalue weighted by molar-refractivity contribution is -0.144. The molecule has 0 aromatic heterocycles. The van der Waals surface area contributed by atoms with Gasteiger partial charge in [-0.25, -0.2) is 9.59 Å². The van der Waals surface area contributed by atoms with E-state index < -0.39 is 66.4 Å². The fourth-order valence-corrected chi connectivity index (χ4v) is 6.48. The van der Waals surface area contributed by atoms with Crippen molar-refractivity contribution in [3.8, 4) is 0 Å². The largest absolute Gasteiger partial charge is 0.480 e. The molecule has 4 rings (SSSR count). The van der Waals surface area contributed by atoms with E-state index in [4.69, 9.17) is 16.2 Å². The molecule has 0 radical (unpaired) electrons. The number of benzene rings is 2. The Balaban J connectivity index is 1.27. The maximum Gasteiger partial charge on any atom is 0.410 e. The maximum absolute atomic E-state index is 13.5. The van der Waals surface area contributed by atoms with Crippen LogP contribution in [0.3, 0.4) is 0 Å². The fourth-order valence-electron chi connectivity index (χ4n) is 6.48. The number of nitrogens with two attached hydrogens (primary N) is 2. The minimum atomic E-state index is -1.23.